The standard InChI is InChI=1S/C27H32O16/c28-7-14-17(32)20(35)22(37)26(41-14)39-8-15-18(33)21(36)23(38)27(42-15)43-25-19(34)16-12(31)5-11(30)6-13(16)40-24(25)9-1-3-10(29)4-2-9/h1-6,14-15,17-18,20-33,35-38H,7-8H2/t14-,15-,17-,18-,20+,21+,22-,23-,24?,25?,26-,27+/m1/s1. The summed E-state index contributed by atoms with van der Waals surface area (Å²) in [5, 5.41) is 101. The Balaban J connectivity index is 1.38. The van der Waals surface area contributed by atoms with Crippen molar-refractivity contribution in [3.05, 3.63) is 47.5 Å². The number of aromatic hydroxyl groups is 3. The number of aliphatic hydroxyl groups excluding tert-OH is 7. The van der Waals surface area contributed by atoms with E-state index < -0.39 is 104 Å². The van der Waals surface area contributed by atoms with Gasteiger partial charge in [0.25, 0.3) is 0 Å². The van der Waals surface area contributed by atoms with Gasteiger partial charge in [-0.05, 0) is 17.7 Å². The summed E-state index contributed by atoms with van der Waals surface area (Å²) >= 11 is 0. The van der Waals surface area contributed by atoms with E-state index in [9.17, 15) is 55.9 Å². The predicted octanol–water partition coefficient (Wildman–Crippen LogP) is -2.87. The molecule has 10 N–H and O–H groups in total. The molecule has 2 aromatic rings. The first-order valence-electron chi connectivity index (χ1n) is 13.2. The van der Waals surface area contributed by atoms with Gasteiger partial charge in [-0.1, -0.05) is 12.1 Å². The van der Waals surface area contributed by atoms with Gasteiger partial charge < -0.3 is 74.7 Å². The molecule has 2 aromatic carbocycles. The molecule has 0 aliphatic carbocycles. The van der Waals surface area contributed by atoms with Crippen molar-refractivity contribution in [2.24, 2.45) is 0 Å². The second kappa shape index (κ2) is 12.5. The lowest BCUT2D eigenvalue weighted by Gasteiger charge is -2.44. The van der Waals surface area contributed by atoms with Gasteiger partial charge in [0.05, 0.1) is 13.2 Å². The Morgan fingerprint density at radius 3 is 1.98 bits per heavy atom. The normalized spacial score (nSPS) is 37.9. The largest absolute Gasteiger partial charge is 0.508 e. The second-order valence-corrected chi connectivity index (χ2v) is 10.4. The molecule has 0 aromatic heterocycles. The van der Waals surface area contributed by atoms with E-state index in [1.807, 2.05) is 0 Å². The third-order valence-electron chi connectivity index (χ3n) is 7.54. The summed E-state index contributed by atoms with van der Waals surface area (Å²) < 4.78 is 28.0. The lowest BCUT2D eigenvalue weighted by atomic mass is 9.92. The average molecular weight is 613 g/mol. The van der Waals surface area contributed by atoms with Crippen LogP contribution in [0.5, 0.6) is 23.0 Å². The number of Topliss-reactive ketones (excluding diaryl/α,β-unsaturated/α-hetero) is 1. The minimum absolute atomic E-state index is 0.0931. The van der Waals surface area contributed by atoms with Gasteiger partial charge in [0.1, 0.15) is 77.4 Å². The Bertz CT molecular complexity index is 1290. The fourth-order valence-corrected chi connectivity index (χ4v) is 5.15. The molecule has 0 saturated carbocycles. The van der Waals surface area contributed by atoms with E-state index in [-0.39, 0.29) is 17.1 Å². The van der Waals surface area contributed by atoms with Crippen LogP contribution >= 0.6 is 0 Å². The van der Waals surface area contributed by atoms with Crippen molar-refractivity contribution >= 4 is 5.78 Å². The molecule has 2 fully saturated rings. The molecule has 0 radical (unpaired) electrons. The highest BCUT2D eigenvalue weighted by Crippen LogP contribution is 2.43. The molecule has 0 spiro atoms. The monoisotopic (exact) mass is 612 g/mol. The highest BCUT2D eigenvalue weighted by atomic mass is 16.7. The molecule has 3 aliphatic rings. The molecule has 236 valence electrons. The van der Waals surface area contributed by atoms with Gasteiger partial charge in [0, 0.05) is 12.1 Å². The van der Waals surface area contributed by atoms with E-state index >= 15 is 0 Å². The van der Waals surface area contributed by atoms with Crippen molar-refractivity contribution in [2.75, 3.05) is 13.2 Å². The second-order valence-electron chi connectivity index (χ2n) is 10.4. The number of carbonyl (C=O) groups excluding carboxylic acids is 1. The first kappa shape index (κ1) is 31.3. The van der Waals surface area contributed by atoms with Gasteiger partial charge in [0.2, 0.25) is 5.78 Å². The number of ether oxygens (including phenoxy) is 5. The summed E-state index contributed by atoms with van der Waals surface area (Å²) in [5.41, 5.74) is -0.0378. The van der Waals surface area contributed by atoms with E-state index in [2.05, 4.69) is 0 Å². The van der Waals surface area contributed by atoms with Crippen LogP contribution in [0.1, 0.15) is 22.0 Å². The number of ketones is 1. The number of fused-ring (bicyclic) bond motifs is 1. The lowest BCUT2D eigenvalue weighted by Crippen LogP contribution is -2.62. The van der Waals surface area contributed by atoms with Crippen molar-refractivity contribution < 1.29 is 79.5 Å². The SMILES string of the molecule is O=C1c2c(O)cc(O)cc2OC(c2ccc(O)cc2)C1O[C@@H]1O[C@H](CO[C@@H]2O[C@H](CO)[C@@H](O)[C@H](O)[C@H]2O)[C@@H](O)[C@H](O)[C@H]1O. The lowest BCUT2D eigenvalue weighted by molar-refractivity contribution is -0.335. The maximum Gasteiger partial charge on any atom is 0.203 e. The van der Waals surface area contributed by atoms with Gasteiger partial charge in [0.15, 0.2) is 24.8 Å². The van der Waals surface area contributed by atoms with Gasteiger partial charge in [-0.2, -0.15) is 0 Å². The van der Waals surface area contributed by atoms with Crippen LogP contribution in [0.4, 0.5) is 0 Å². The third-order valence-corrected chi connectivity index (χ3v) is 7.54. The zero-order chi connectivity index (χ0) is 31.2. The van der Waals surface area contributed by atoms with Gasteiger partial charge in [-0.15, -0.1) is 0 Å². The van der Waals surface area contributed by atoms with E-state index in [0.29, 0.717) is 5.56 Å². The molecule has 2 saturated heterocycles. The molecule has 3 aliphatic heterocycles. The maximum atomic E-state index is 13.6. The highest BCUT2D eigenvalue weighted by molar-refractivity contribution is 6.05. The Morgan fingerprint density at radius 1 is 0.721 bits per heavy atom. The Hall–Kier alpha value is -3.13. The molecular weight excluding hydrogens is 580 g/mol. The first-order chi connectivity index (χ1) is 20.4. The topological polar surface area (TPSA) is 266 Å². The molecule has 12 atom stereocenters. The van der Waals surface area contributed by atoms with Crippen molar-refractivity contribution in [3.63, 3.8) is 0 Å². The summed E-state index contributed by atoms with van der Waals surface area (Å²) in [6.07, 6.45) is -19.8. The number of hydrogen-bond acceptors (Lipinski definition) is 16. The molecule has 43 heavy (non-hydrogen) atoms. The minimum atomic E-state index is -1.92. The Kier molecular flexibility index (Phi) is 9.07. The van der Waals surface area contributed by atoms with Crippen LogP contribution in [-0.4, -0.2) is 138 Å². The quantitative estimate of drug-likeness (QED) is 0.151. The zero-order valence-electron chi connectivity index (χ0n) is 22.2. The van der Waals surface area contributed by atoms with Crippen LogP contribution in [0.15, 0.2) is 36.4 Å². The number of carbonyl (C=O) groups is 1. The Morgan fingerprint density at radius 2 is 1.33 bits per heavy atom. The van der Waals surface area contributed by atoms with Gasteiger partial charge in [-0.25, -0.2) is 0 Å². The first-order valence-corrected chi connectivity index (χ1v) is 13.2. The molecular formula is C27H32O16. The van der Waals surface area contributed by atoms with Crippen LogP contribution in [0.3, 0.4) is 0 Å². The molecule has 16 nitrogen and oxygen atoms in total. The van der Waals surface area contributed by atoms with E-state index in [1.54, 1.807) is 0 Å². The zero-order valence-corrected chi connectivity index (χ0v) is 22.2. The van der Waals surface area contributed by atoms with Crippen LogP contribution in [-0.2, 0) is 18.9 Å². The fraction of sp³-hybridized carbons (Fsp3) is 0.519. The number of benzene rings is 2. The van der Waals surface area contributed by atoms with Crippen molar-refractivity contribution in [1.82, 2.24) is 0 Å². The number of rotatable bonds is 7. The highest BCUT2D eigenvalue weighted by Gasteiger charge is 2.50. The number of phenols is 3. The van der Waals surface area contributed by atoms with Gasteiger partial charge >= 0.3 is 0 Å². The molecule has 0 amide bonds. The van der Waals surface area contributed by atoms with E-state index in [0.717, 1.165) is 12.1 Å². The van der Waals surface area contributed by atoms with Crippen molar-refractivity contribution in [2.45, 2.75) is 73.6 Å². The fourth-order valence-electron chi connectivity index (χ4n) is 5.15. The number of phenolic OH excluding ortho intramolecular Hbond substituents is 3. The minimum Gasteiger partial charge on any atom is -0.508 e. The van der Waals surface area contributed by atoms with Gasteiger partial charge in [-0.3, -0.25) is 4.79 Å². The maximum absolute atomic E-state index is 13.6. The van der Waals surface area contributed by atoms with E-state index in [4.69, 9.17) is 23.7 Å². The summed E-state index contributed by atoms with van der Waals surface area (Å²) in [7, 11) is 0. The molecule has 2 unspecified atom stereocenters. The molecule has 16 heteroatoms. The number of aliphatic hydroxyl groups is 7. The molecule has 3 heterocycles. The third kappa shape index (κ3) is 6.00. The van der Waals surface area contributed by atoms with Crippen LogP contribution in [0.2, 0.25) is 0 Å². The average Bonchev–Trinajstić information content (AvgIpc) is 2.97. The smallest absolute Gasteiger partial charge is 0.203 e. The molecule has 5 rings (SSSR count). The van der Waals surface area contributed by atoms with Crippen molar-refractivity contribution in [3.8, 4) is 23.0 Å². The predicted molar refractivity (Wildman–Crippen MR) is 137 cm³/mol. The molecule has 0 bridgehead atoms. The summed E-state index contributed by atoms with van der Waals surface area (Å²) in [4.78, 5) is 13.6. The number of hydrogen-bond donors (Lipinski definition) is 10. The van der Waals surface area contributed by atoms with E-state index in [1.165, 1.54) is 24.3 Å². The summed E-state index contributed by atoms with van der Waals surface area (Å²) in [6, 6.07) is 7.49. The Labute approximate surface area is 243 Å². The summed E-state index contributed by atoms with van der Waals surface area (Å²) in [5.74, 6) is -2.12. The van der Waals surface area contributed by atoms with Crippen LogP contribution in [0.25, 0.3) is 0 Å². The van der Waals surface area contributed by atoms with Crippen LogP contribution < -0.4 is 4.74 Å². The van der Waals surface area contributed by atoms with Crippen molar-refractivity contribution in [1.29, 1.82) is 0 Å². The summed E-state index contributed by atoms with van der Waals surface area (Å²) in [6.45, 7) is -1.35. The van der Waals surface area contributed by atoms with Crippen LogP contribution in [0, 0.1) is 0 Å².